The highest BCUT2D eigenvalue weighted by Crippen LogP contribution is 2.33. The monoisotopic (exact) mass is 284 g/mol. The molecule has 17 heavy (non-hydrogen) atoms. The third-order valence-corrected chi connectivity index (χ3v) is 4.90. The average Bonchev–Trinajstić information content (AvgIpc) is 2.68. The lowest BCUT2D eigenvalue weighted by atomic mass is 10.1. The molecule has 3 rings (SSSR count). The number of H-pyrrole nitrogens is 1. The highest BCUT2D eigenvalue weighted by molar-refractivity contribution is 7.99. The van der Waals surface area contributed by atoms with E-state index in [1.54, 1.807) is 0 Å². The largest absolute Gasteiger partial charge is 0.331 e. The second-order valence-electron chi connectivity index (χ2n) is 4.28. The Morgan fingerprint density at radius 3 is 2.88 bits per heavy atom. The van der Waals surface area contributed by atoms with Crippen molar-refractivity contribution >= 4 is 46.6 Å². The molecule has 0 spiro atoms. The van der Waals surface area contributed by atoms with E-state index in [-0.39, 0.29) is 0 Å². The van der Waals surface area contributed by atoms with Gasteiger partial charge in [0.2, 0.25) is 0 Å². The number of nitrogens with zero attached hydrogens (tertiary/aromatic N) is 1. The molecule has 0 atom stereocenters. The quantitative estimate of drug-likeness (QED) is 0.783. The van der Waals surface area contributed by atoms with E-state index in [9.17, 15) is 0 Å². The molecule has 0 bridgehead atoms. The van der Waals surface area contributed by atoms with Crippen LogP contribution in [-0.2, 0) is 0 Å². The zero-order valence-electron chi connectivity index (χ0n) is 9.28. The average molecular weight is 285 g/mol. The summed E-state index contributed by atoms with van der Waals surface area (Å²) >= 11 is 13.8. The van der Waals surface area contributed by atoms with Crippen molar-refractivity contribution in [3.8, 4) is 0 Å². The first-order valence-electron chi connectivity index (χ1n) is 5.74. The first-order valence-corrected chi connectivity index (χ1v) is 7.68. The van der Waals surface area contributed by atoms with Crippen LogP contribution in [0.2, 0.25) is 5.02 Å². The molecule has 1 fully saturated rings. The Morgan fingerprint density at radius 1 is 1.35 bits per heavy atom. The summed E-state index contributed by atoms with van der Waals surface area (Å²) in [5.41, 5.74) is 2.11. The number of fused-ring (bicyclic) bond motifs is 1. The fourth-order valence-electron chi connectivity index (χ4n) is 2.43. The molecule has 1 aromatic carbocycles. The number of thioether (sulfide) groups is 1. The molecule has 0 amide bonds. The summed E-state index contributed by atoms with van der Waals surface area (Å²) in [5.74, 6) is 2.42. The molecule has 2 heterocycles. The summed E-state index contributed by atoms with van der Waals surface area (Å²) in [6, 6.07) is 6.42. The third kappa shape index (κ3) is 2.02. The van der Waals surface area contributed by atoms with Crippen LogP contribution >= 0.6 is 35.6 Å². The predicted molar refractivity (Wildman–Crippen MR) is 77.7 cm³/mol. The number of hydrogen-bond acceptors (Lipinski definition) is 2. The van der Waals surface area contributed by atoms with E-state index < -0.39 is 0 Å². The number of aromatic nitrogens is 2. The summed E-state index contributed by atoms with van der Waals surface area (Å²) in [5, 5.41) is 0.785. The van der Waals surface area contributed by atoms with Gasteiger partial charge in [0.05, 0.1) is 16.1 Å². The Kier molecular flexibility index (Phi) is 3.19. The lowest BCUT2D eigenvalue weighted by molar-refractivity contribution is 0.476. The van der Waals surface area contributed by atoms with Gasteiger partial charge in [0, 0.05) is 6.04 Å². The number of para-hydroxylation sites is 1. The van der Waals surface area contributed by atoms with Gasteiger partial charge in [0.1, 0.15) is 0 Å². The van der Waals surface area contributed by atoms with Gasteiger partial charge in [-0.2, -0.15) is 11.8 Å². The molecule has 2 nitrogen and oxygen atoms in total. The molecule has 2 aromatic rings. The number of imidazole rings is 1. The molecule has 0 aliphatic carbocycles. The van der Waals surface area contributed by atoms with Gasteiger partial charge >= 0.3 is 0 Å². The van der Waals surface area contributed by atoms with Crippen molar-refractivity contribution in [3.05, 3.63) is 28.0 Å². The van der Waals surface area contributed by atoms with Crippen LogP contribution in [0.1, 0.15) is 18.9 Å². The Balaban J connectivity index is 2.20. The topological polar surface area (TPSA) is 20.7 Å². The fourth-order valence-corrected chi connectivity index (χ4v) is 4.13. The van der Waals surface area contributed by atoms with Gasteiger partial charge in [-0.05, 0) is 48.7 Å². The van der Waals surface area contributed by atoms with Gasteiger partial charge in [0.25, 0.3) is 0 Å². The lowest BCUT2D eigenvalue weighted by Crippen LogP contribution is -2.15. The molecular formula is C12H13ClN2S2. The Bertz CT molecular complexity index is 596. The van der Waals surface area contributed by atoms with E-state index in [2.05, 4.69) is 9.55 Å². The minimum Gasteiger partial charge on any atom is -0.331 e. The number of hydrogen-bond donors (Lipinski definition) is 1. The smallest absolute Gasteiger partial charge is 0.178 e. The third-order valence-electron chi connectivity index (χ3n) is 3.24. The van der Waals surface area contributed by atoms with Gasteiger partial charge in [-0.3, -0.25) is 0 Å². The molecule has 1 aromatic heterocycles. The number of nitrogens with one attached hydrogen (secondary N) is 1. The zero-order valence-corrected chi connectivity index (χ0v) is 11.7. The summed E-state index contributed by atoms with van der Waals surface area (Å²) in [6.07, 6.45) is 2.36. The van der Waals surface area contributed by atoms with Gasteiger partial charge in [-0.15, -0.1) is 0 Å². The maximum atomic E-state index is 6.30. The van der Waals surface area contributed by atoms with Crippen LogP contribution in [0.15, 0.2) is 18.2 Å². The molecule has 5 heteroatoms. The van der Waals surface area contributed by atoms with E-state index in [0.29, 0.717) is 6.04 Å². The Hall–Kier alpha value is -0.450. The van der Waals surface area contributed by atoms with Gasteiger partial charge in [0.15, 0.2) is 4.77 Å². The maximum absolute atomic E-state index is 6.30. The van der Waals surface area contributed by atoms with Gasteiger partial charge < -0.3 is 9.55 Å². The van der Waals surface area contributed by atoms with Crippen LogP contribution in [-0.4, -0.2) is 21.1 Å². The van der Waals surface area contributed by atoms with Gasteiger partial charge in [-0.25, -0.2) is 0 Å². The zero-order chi connectivity index (χ0) is 11.8. The number of rotatable bonds is 1. The molecule has 0 unspecified atom stereocenters. The second kappa shape index (κ2) is 4.67. The summed E-state index contributed by atoms with van der Waals surface area (Å²) in [4.78, 5) is 3.25. The van der Waals surface area contributed by atoms with Gasteiger partial charge in [-0.1, -0.05) is 17.7 Å². The maximum Gasteiger partial charge on any atom is 0.178 e. The van der Waals surface area contributed by atoms with Crippen molar-refractivity contribution in [3.63, 3.8) is 0 Å². The number of aromatic amines is 1. The second-order valence-corrected chi connectivity index (χ2v) is 6.30. The van der Waals surface area contributed by atoms with E-state index in [1.807, 2.05) is 30.0 Å². The Morgan fingerprint density at radius 2 is 2.12 bits per heavy atom. The molecule has 0 radical (unpaired) electrons. The minimum atomic E-state index is 0.498. The molecular weight excluding hydrogens is 272 g/mol. The molecule has 1 aliphatic heterocycles. The van der Waals surface area contributed by atoms with Crippen molar-refractivity contribution in [1.82, 2.24) is 9.55 Å². The Labute approximate surface area is 114 Å². The van der Waals surface area contributed by atoms with Crippen molar-refractivity contribution in [2.75, 3.05) is 11.5 Å². The van der Waals surface area contributed by atoms with Crippen molar-refractivity contribution in [2.45, 2.75) is 18.9 Å². The first-order chi connectivity index (χ1) is 8.27. The van der Waals surface area contributed by atoms with Crippen LogP contribution in [0.5, 0.6) is 0 Å². The fraction of sp³-hybridized carbons (Fsp3) is 0.417. The molecule has 1 N–H and O–H groups in total. The van der Waals surface area contributed by atoms with Crippen molar-refractivity contribution in [1.29, 1.82) is 0 Å². The number of halogens is 1. The van der Waals surface area contributed by atoms with Crippen molar-refractivity contribution < 1.29 is 0 Å². The molecule has 1 saturated heterocycles. The highest BCUT2D eigenvalue weighted by atomic mass is 35.5. The van der Waals surface area contributed by atoms with Crippen molar-refractivity contribution in [2.24, 2.45) is 0 Å². The van der Waals surface area contributed by atoms with Crippen LogP contribution in [0.25, 0.3) is 11.0 Å². The SMILES string of the molecule is S=c1[nH]c2cccc(Cl)c2n1C1CCSCC1. The summed E-state index contributed by atoms with van der Waals surface area (Å²) in [6.45, 7) is 0. The summed E-state index contributed by atoms with van der Waals surface area (Å²) in [7, 11) is 0. The van der Waals surface area contributed by atoms with Crippen LogP contribution < -0.4 is 0 Å². The first kappa shape index (κ1) is 11.6. The van der Waals surface area contributed by atoms with E-state index in [4.69, 9.17) is 23.8 Å². The summed E-state index contributed by atoms with van der Waals surface area (Å²) < 4.78 is 3.01. The van der Waals surface area contributed by atoms with E-state index in [0.717, 1.165) is 20.8 Å². The van der Waals surface area contributed by atoms with E-state index >= 15 is 0 Å². The minimum absolute atomic E-state index is 0.498. The van der Waals surface area contributed by atoms with Crippen LogP contribution in [0.3, 0.4) is 0 Å². The van der Waals surface area contributed by atoms with Crippen LogP contribution in [0, 0.1) is 4.77 Å². The lowest BCUT2D eigenvalue weighted by Gasteiger charge is -2.23. The number of benzene rings is 1. The normalized spacial score (nSPS) is 17.7. The van der Waals surface area contributed by atoms with E-state index in [1.165, 1.54) is 24.3 Å². The molecule has 90 valence electrons. The predicted octanol–water partition coefficient (Wildman–Crippen LogP) is 4.42. The van der Waals surface area contributed by atoms with Crippen LogP contribution in [0.4, 0.5) is 0 Å². The molecule has 1 aliphatic rings. The standard InChI is InChI=1S/C12H13ClN2S2/c13-9-2-1-3-10-11(9)15(12(16)14-10)8-4-6-17-7-5-8/h1-3,8H,4-7H2,(H,14,16). The highest BCUT2D eigenvalue weighted by Gasteiger charge is 2.19. The molecule has 0 saturated carbocycles.